The zero-order valence-electron chi connectivity index (χ0n) is 17.4. The SMILES string of the molecule is O=C(CCCn1c(=O)[nH]c(=O)c2ccccc21)N1CCN(c2ccccc2[N+](=O)[O-])CC1. The van der Waals surface area contributed by atoms with Crippen molar-refractivity contribution in [2.75, 3.05) is 31.1 Å². The highest BCUT2D eigenvalue weighted by Crippen LogP contribution is 2.28. The van der Waals surface area contributed by atoms with E-state index >= 15 is 0 Å². The first-order valence-corrected chi connectivity index (χ1v) is 10.4. The van der Waals surface area contributed by atoms with Gasteiger partial charge in [-0.15, -0.1) is 0 Å². The average Bonchev–Trinajstić information content (AvgIpc) is 2.81. The summed E-state index contributed by atoms with van der Waals surface area (Å²) in [4.78, 5) is 53.7. The van der Waals surface area contributed by atoms with Crippen molar-refractivity contribution in [3.8, 4) is 0 Å². The predicted octanol–water partition coefficient (Wildman–Crippen LogP) is 1.73. The van der Waals surface area contributed by atoms with Gasteiger partial charge in [0.05, 0.1) is 15.8 Å². The Labute approximate surface area is 182 Å². The third kappa shape index (κ3) is 4.25. The van der Waals surface area contributed by atoms with Gasteiger partial charge in [0, 0.05) is 45.2 Å². The highest BCUT2D eigenvalue weighted by atomic mass is 16.6. The molecule has 10 heteroatoms. The van der Waals surface area contributed by atoms with Crippen LogP contribution in [0.4, 0.5) is 11.4 Å². The number of anilines is 1. The molecule has 0 spiro atoms. The van der Waals surface area contributed by atoms with Crippen LogP contribution in [0.5, 0.6) is 0 Å². The van der Waals surface area contributed by atoms with E-state index in [9.17, 15) is 24.5 Å². The van der Waals surface area contributed by atoms with Crippen LogP contribution in [-0.4, -0.2) is 51.5 Å². The van der Waals surface area contributed by atoms with Gasteiger partial charge in [0.15, 0.2) is 0 Å². The summed E-state index contributed by atoms with van der Waals surface area (Å²) in [6.07, 6.45) is 0.727. The molecule has 166 valence electrons. The van der Waals surface area contributed by atoms with Crippen LogP contribution in [0.3, 0.4) is 0 Å². The van der Waals surface area contributed by atoms with Crippen LogP contribution in [-0.2, 0) is 11.3 Å². The first kappa shape index (κ1) is 21.3. The van der Waals surface area contributed by atoms with Crippen LogP contribution >= 0.6 is 0 Å². The molecule has 1 aliphatic rings. The van der Waals surface area contributed by atoms with Crippen molar-refractivity contribution in [1.29, 1.82) is 0 Å². The number of piperazine rings is 1. The van der Waals surface area contributed by atoms with E-state index in [1.165, 1.54) is 10.6 Å². The number of amides is 1. The number of benzene rings is 2. The van der Waals surface area contributed by atoms with E-state index < -0.39 is 16.2 Å². The van der Waals surface area contributed by atoms with Crippen molar-refractivity contribution >= 4 is 28.2 Å². The van der Waals surface area contributed by atoms with Crippen LogP contribution in [0.25, 0.3) is 10.9 Å². The molecule has 1 amide bonds. The molecule has 0 atom stereocenters. The lowest BCUT2D eigenvalue weighted by molar-refractivity contribution is -0.384. The Bertz CT molecular complexity index is 1270. The summed E-state index contributed by atoms with van der Waals surface area (Å²) in [5, 5.41) is 11.7. The lowest BCUT2D eigenvalue weighted by atomic mass is 10.2. The molecule has 0 bridgehead atoms. The first-order valence-electron chi connectivity index (χ1n) is 10.4. The summed E-state index contributed by atoms with van der Waals surface area (Å²) in [5.74, 6) is -0.0195. The Hall–Kier alpha value is -3.95. The largest absolute Gasteiger partial charge is 0.362 e. The summed E-state index contributed by atoms with van der Waals surface area (Å²) in [6.45, 7) is 2.30. The van der Waals surface area contributed by atoms with Crippen LogP contribution in [0.2, 0.25) is 0 Å². The summed E-state index contributed by atoms with van der Waals surface area (Å²) in [7, 11) is 0. The predicted molar refractivity (Wildman–Crippen MR) is 120 cm³/mol. The molecule has 1 aromatic heterocycles. The number of nitro groups is 1. The zero-order chi connectivity index (χ0) is 22.7. The van der Waals surface area contributed by atoms with Gasteiger partial charge in [-0.3, -0.25) is 29.3 Å². The maximum atomic E-state index is 12.7. The maximum Gasteiger partial charge on any atom is 0.328 e. The molecule has 3 aromatic rings. The summed E-state index contributed by atoms with van der Waals surface area (Å²) in [5.41, 5.74) is 0.264. The summed E-state index contributed by atoms with van der Waals surface area (Å²) in [6, 6.07) is 13.5. The minimum atomic E-state index is -0.487. The molecule has 0 aliphatic carbocycles. The van der Waals surface area contributed by atoms with Crippen molar-refractivity contribution in [2.24, 2.45) is 0 Å². The molecule has 32 heavy (non-hydrogen) atoms. The lowest BCUT2D eigenvalue weighted by Gasteiger charge is -2.35. The van der Waals surface area contributed by atoms with Crippen LogP contribution in [0.1, 0.15) is 12.8 Å². The molecule has 10 nitrogen and oxygen atoms in total. The van der Waals surface area contributed by atoms with Gasteiger partial charge < -0.3 is 9.80 Å². The van der Waals surface area contributed by atoms with Gasteiger partial charge >= 0.3 is 5.69 Å². The number of H-pyrrole nitrogens is 1. The number of hydrogen-bond acceptors (Lipinski definition) is 6. The molecule has 0 saturated carbocycles. The molecule has 4 rings (SSSR count). The monoisotopic (exact) mass is 437 g/mol. The van der Waals surface area contributed by atoms with Crippen molar-refractivity contribution in [3.63, 3.8) is 0 Å². The number of nitrogens with one attached hydrogen (secondary N) is 1. The standard InChI is InChI=1S/C22H23N5O5/c28-20(10-5-11-26-17-7-2-1-6-16(17)21(29)23-22(26)30)25-14-12-24(13-15-25)18-8-3-4-9-19(18)27(31)32/h1-4,6-9H,5,10-15H2,(H,23,29,30). The van der Waals surface area contributed by atoms with Gasteiger partial charge in [0.2, 0.25) is 5.91 Å². The van der Waals surface area contributed by atoms with Gasteiger partial charge in [0.25, 0.3) is 11.2 Å². The third-order valence-electron chi connectivity index (χ3n) is 5.73. The van der Waals surface area contributed by atoms with Crippen molar-refractivity contribution < 1.29 is 9.72 Å². The fraction of sp³-hybridized carbons (Fsp3) is 0.318. The second-order valence-electron chi connectivity index (χ2n) is 7.65. The van der Waals surface area contributed by atoms with E-state index in [-0.39, 0.29) is 18.0 Å². The summed E-state index contributed by atoms with van der Waals surface area (Å²) < 4.78 is 1.48. The van der Waals surface area contributed by atoms with Crippen molar-refractivity contribution in [3.05, 3.63) is 79.5 Å². The number of para-hydroxylation sites is 3. The molecule has 0 radical (unpaired) electrons. The number of hydrogen-bond donors (Lipinski definition) is 1. The number of nitro benzene ring substituents is 1. The van der Waals surface area contributed by atoms with E-state index in [0.717, 1.165) is 0 Å². The lowest BCUT2D eigenvalue weighted by Crippen LogP contribution is -2.49. The zero-order valence-corrected chi connectivity index (χ0v) is 17.4. The topological polar surface area (TPSA) is 122 Å². The van der Waals surface area contributed by atoms with Gasteiger partial charge in [-0.1, -0.05) is 24.3 Å². The van der Waals surface area contributed by atoms with Gasteiger partial charge in [-0.25, -0.2) is 4.79 Å². The van der Waals surface area contributed by atoms with E-state index in [1.54, 1.807) is 47.4 Å². The molecular weight excluding hydrogens is 414 g/mol. The number of carbonyl (C=O) groups excluding carboxylic acids is 1. The van der Waals surface area contributed by atoms with E-state index in [4.69, 9.17) is 0 Å². The van der Waals surface area contributed by atoms with E-state index in [1.807, 2.05) is 4.90 Å². The smallest absolute Gasteiger partial charge is 0.328 e. The number of aryl methyl sites for hydroxylation is 1. The molecule has 1 aliphatic heterocycles. The second-order valence-corrected chi connectivity index (χ2v) is 7.65. The Morgan fingerprint density at radius 3 is 2.44 bits per heavy atom. The molecule has 1 fully saturated rings. The maximum absolute atomic E-state index is 12.7. The Kier molecular flexibility index (Phi) is 6.02. The molecule has 1 N–H and O–H groups in total. The minimum Gasteiger partial charge on any atom is -0.362 e. The number of carbonyl (C=O) groups is 1. The minimum absolute atomic E-state index is 0.0195. The average molecular weight is 437 g/mol. The quantitative estimate of drug-likeness (QED) is 0.463. The number of aromatic nitrogens is 2. The van der Waals surface area contributed by atoms with Crippen LogP contribution in [0, 0.1) is 10.1 Å². The van der Waals surface area contributed by atoms with E-state index in [2.05, 4.69) is 4.98 Å². The fourth-order valence-corrected chi connectivity index (χ4v) is 4.09. The first-order chi connectivity index (χ1) is 15.5. The highest BCUT2D eigenvalue weighted by molar-refractivity contribution is 5.78. The Morgan fingerprint density at radius 2 is 1.69 bits per heavy atom. The molecule has 2 heterocycles. The van der Waals surface area contributed by atoms with Gasteiger partial charge in [0.1, 0.15) is 5.69 Å². The number of nitrogens with zero attached hydrogens (tertiary/aromatic N) is 4. The Balaban J connectivity index is 1.35. The summed E-state index contributed by atoms with van der Waals surface area (Å²) >= 11 is 0. The number of aromatic amines is 1. The van der Waals surface area contributed by atoms with Crippen molar-refractivity contribution in [1.82, 2.24) is 14.5 Å². The Morgan fingerprint density at radius 1 is 1.00 bits per heavy atom. The molecule has 2 aromatic carbocycles. The highest BCUT2D eigenvalue weighted by Gasteiger charge is 2.25. The van der Waals surface area contributed by atoms with Gasteiger partial charge in [-0.2, -0.15) is 0 Å². The van der Waals surface area contributed by atoms with Crippen molar-refractivity contribution in [2.45, 2.75) is 19.4 Å². The molecule has 0 unspecified atom stereocenters. The van der Waals surface area contributed by atoms with Crippen LogP contribution in [0.15, 0.2) is 58.1 Å². The fourth-order valence-electron chi connectivity index (χ4n) is 4.09. The molecular formula is C22H23N5O5. The third-order valence-corrected chi connectivity index (χ3v) is 5.73. The van der Waals surface area contributed by atoms with Gasteiger partial charge in [-0.05, 0) is 24.6 Å². The number of rotatable bonds is 6. The normalized spacial score (nSPS) is 14.0. The van der Waals surface area contributed by atoms with Crippen LogP contribution < -0.4 is 16.1 Å². The van der Waals surface area contributed by atoms with E-state index in [0.29, 0.717) is 55.7 Å². The number of fused-ring (bicyclic) bond motifs is 1. The molecule has 1 saturated heterocycles. The second kappa shape index (κ2) is 9.04.